The molecular formula is C20H26N2O5. The number of nitrogens with zero attached hydrogens (tertiary/aromatic N) is 1. The van der Waals surface area contributed by atoms with E-state index in [1.54, 1.807) is 24.7 Å². The van der Waals surface area contributed by atoms with Crippen LogP contribution < -0.4 is 14.8 Å². The number of aromatic carboxylic acids is 1. The van der Waals surface area contributed by atoms with Gasteiger partial charge >= 0.3 is 5.97 Å². The molecule has 0 aliphatic rings. The Kier molecular flexibility index (Phi) is 6.87. The van der Waals surface area contributed by atoms with Crippen LogP contribution in [0, 0.1) is 6.92 Å². The average molecular weight is 374 g/mol. The maximum absolute atomic E-state index is 12.3. The molecule has 1 amide bonds. The summed E-state index contributed by atoms with van der Waals surface area (Å²) < 4.78 is 12.8. The average Bonchev–Trinajstić information content (AvgIpc) is 2.89. The van der Waals surface area contributed by atoms with Crippen LogP contribution in [0.25, 0.3) is 0 Å². The number of carboxylic acids is 1. The van der Waals surface area contributed by atoms with Crippen LogP contribution in [0.4, 0.5) is 0 Å². The van der Waals surface area contributed by atoms with Gasteiger partial charge in [-0.25, -0.2) is 4.79 Å². The smallest absolute Gasteiger partial charge is 0.337 e. The first kappa shape index (κ1) is 20.4. The molecule has 0 radical (unpaired) electrons. The molecule has 0 aliphatic carbocycles. The molecule has 146 valence electrons. The molecule has 0 saturated carbocycles. The van der Waals surface area contributed by atoms with E-state index < -0.39 is 5.97 Å². The Hall–Kier alpha value is -2.96. The summed E-state index contributed by atoms with van der Waals surface area (Å²) in [6.07, 6.45) is 1.72. The number of ether oxygens (including phenoxy) is 2. The minimum atomic E-state index is -1.02. The largest absolute Gasteiger partial charge is 0.490 e. The maximum Gasteiger partial charge on any atom is 0.337 e. The summed E-state index contributed by atoms with van der Waals surface area (Å²) in [7, 11) is 1.74. The predicted octanol–water partition coefficient (Wildman–Crippen LogP) is 2.69. The van der Waals surface area contributed by atoms with Gasteiger partial charge in [-0.3, -0.25) is 4.79 Å². The van der Waals surface area contributed by atoms with Crippen LogP contribution in [0.15, 0.2) is 24.4 Å². The van der Waals surface area contributed by atoms with Gasteiger partial charge in [-0.15, -0.1) is 0 Å². The minimum absolute atomic E-state index is 0.00131. The zero-order chi connectivity index (χ0) is 20.0. The summed E-state index contributed by atoms with van der Waals surface area (Å²) in [5.41, 5.74) is 2.18. The first-order valence-corrected chi connectivity index (χ1v) is 8.90. The number of carboxylic acid groups (broad SMARTS) is 1. The molecule has 1 aromatic heterocycles. The first-order chi connectivity index (χ1) is 12.9. The number of aryl methyl sites for hydroxylation is 2. The third-order valence-corrected chi connectivity index (χ3v) is 4.14. The second-order valence-corrected chi connectivity index (χ2v) is 6.15. The Bertz CT molecular complexity index is 826. The maximum atomic E-state index is 12.3. The molecule has 0 atom stereocenters. The first-order valence-electron chi connectivity index (χ1n) is 8.90. The summed E-state index contributed by atoms with van der Waals surface area (Å²) in [5.74, 6) is 0.0337. The monoisotopic (exact) mass is 374 g/mol. The molecule has 2 N–H and O–H groups in total. The van der Waals surface area contributed by atoms with E-state index >= 15 is 0 Å². The van der Waals surface area contributed by atoms with Gasteiger partial charge in [-0.1, -0.05) is 6.07 Å². The van der Waals surface area contributed by atoms with E-state index in [1.807, 2.05) is 32.0 Å². The van der Waals surface area contributed by atoms with E-state index in [0.717, 1.165) is 5.56 Å². The molecule has 0 spiro atoms. The molecule has 1 aromatic carbocycles. The normalized spacial score (nSPS) is 10.5. The number of amides is 1. The van der Waals surface area contributed by atoms with Crippen LogP contribution in [0.1, 0.15) is 41.0 Å². The van der Waals surface area contributed by atoms with Crippen molar-refractivity contribution in [1.29, 1.82) is 0 Å². The Morgan fingerprint density at radius 3 is 2.44 bits per heavy atom. The standard InChI is InChI=1S/C20H26N2O5/c1-5-26-16-8-7-14(9-17(16)27-6-2)11-21-18(23)10-15-19(20(24)25)13(3)12-22(15)4/h7-9,12H,5-6,10-11H2,1-4H3,(H,21,23)(H,24,25). The van der Waals surface area contributed by atoms with Crippen molar-refractivity contribution in [3.05, 3.63) is 46.8 Å². The third kappa shape index (κ3) is 5.03. The zero-order valence-electron chi connectivity index (χ0n) is 16.2. The summed E-state index contributed by atoms with van der Waals surface area (Å²) in [6.45, 7) is 6.89. The van der Waals surface area contributed by atoms with Crippen LogP contribution in [0.2, 0.25) is 0 Å². The van der Waals surface area contributed by atoms with Gasteiger partial charge in [0.1, 0.15) is 0 Å². The van der Waals surface area contributed by atoms with Crippen molar-refractivity contribution in [3.63, 3.8) is 0 Å². The van der Waals surface area contributed by atoms with Crippen LogP contribution >= 0.6 is 0 Å². The van der Waals surface area contributed by atoms with Crippen molar-refractivity contribution < 1.29 is 24.2 Å². The number of rotatable bonds is 9. The Balaban J connectivity index is 2.06. The summed E-state index contributed by atoms with van der Waals surface area (Å²) >= 11 is 0. The number of nitrogens with one attached hydrogen (secondary N) is 1. The van der Waals surface area contributed by atoms with E-state index in [2.05, 4.69) is 5.32 Å². The lowest BCUT2D eigenvalue weighted by molar-refractivity contribution is -0.120. The van der Waals surface area contributed by atoms with E-state index in [4.69, 9.17) is 9.47 Å². The lowest BCUT2D eigenvalue weighted by atomic mass is 10.1. The van der Waals surface area contributed by atoms with Gasteiger partial charge in [0, 0.05) is 25.5 Å². The molecule has 2 aromatic rings. The number of carbonyl (C=O) groups excluding carboxylic acids is 1. The lowest BCUT2D eigenvalue weighted by Crippen LogP contribution is -2.26. The lowest BCUT2D eigenvalue weighted by Gasteiger charge is -2.13. The second kappa shape index (κ2) is 9.12. The highest BCUT2D eigenvalue weighted by molar-refractivity contribution is 5.93. The van der Waals surface area contributed by atoms with E-state index in [0.29, 0.717) is 42.5 Å². The van der Waals surface area contributed by atoms with E-state index in [1.165, 1.54) is 0 Å². The number of benzene rings is 1. The summed E-state index contributed by atoms with van der Waals surface area (Å²) in [5, 5.41) is 12.2. The van der Waals surface area contributed by atoms with Gasteiger partial charge in [0.15, 0.2) is 11.5 Å². The molecule has 0 unspecified atom stereocenters. The molecule has 2 rings (SSSR count). The molecule has 0 fully saturated rings. The molecule has 27 heavy (non-hydrogen) atoms. The third-order valence-electron chi connectivity index (χ3n) is 4.14. The number of hydrogen-bond acceptors (Lipinski definition) is 4. The Morgan fingerprint density at radius 2 is 1.81 bits per heavy atom. The molecule has 7 heteroatoms. The van der Waals surface area contributed by atoms with Crippen molar-refractivity contribution in [2.45, 2.75) is 33.7 Å². The van der Waals surface area contributed by atoms with Crippen LogP contribution in [0.3, 0.4) is 0 Å². The van der Waals surface area contributed by atoms with E-state index in [-0.39, 0.29) is 17.9 Å². The van der Waals surface area contributed by atoms with Gasteiger partial charge in [0.05, 0.1) is 25.2 Å². The number of hydrogen-bond donors (Lipinski definition) is 2. The highest BCUT2D eigenvalue weighted by atomic mass is 16.5. The fourth-order valence-corrected chi connectivity index (χ4v) is 2.96. The number of aromatic nitrogens is 1. The summed E-state index contributed by atoms with van der Waals surface area (Å²) in [6, 6.07) is 5.52. The second-order valence-electron chi connectivity index (χ2n) is 6.15. The Labute approximate surface area is 158 Å². The molecular weight excluding hydrogens is 348 g/mol. The van der Waals surface area contributed by atoms with Gasteiger partial charge in [0.2, 0.25) is 5.91 Å². The van der Waals surface area contributed by atoms with Crippen LogP contribution in [0.5, 0.6) is 11.5 Å². The molecule has 7 nitrogen and oxygen atoms in total. The van der Waals surface area contributed by atoms with Gasteiger partial charge < -0.3 is 24.5 Å². The van der Waals surface area contributed by atoms with Gasteiger partial charge in [-0.05, 0) is 44.0 Å². The molecule has 0 saturated heterocycles. The minimum Gasteiger partial charge on any atom is -0.490 e. The SMILES string of the molecule is CCOc1ccc(CNC(=O)Cc2c(C(=O)O)c(C)cn2C)cc1OCC. The van der Waals surface area contributed by atoms with Crippen molar-refractivity contribution >= 4 is 11.9 Å². The molecule has 0 bridgehead atoms. The fraction of sp³-hybridized carbons (Fsp3) is 0.400. The quantitative estimate of drug-likeness (QED) is 0.704. The molecule has 1 heterocycles. The highest BCUT2D eigenvalue weighted by Gasteiger charge is 2.20. The summed E-state index contributed by atoms with van der Waals surface area (Å²) in [4.78, 5) is 23.8. The van der Waals surface area contributed by atoms with Crippen molar-refractivity contribution in [2.75, 3.05) is 13.2 Å². The van der Waals surface area contributed by atoms with E-state index in [9.17, 15) is 14.7 Å². The predicted molar refractivity (Wildman–Crippen MR) is 101 cm³/mol. The van der Waals surface area contributed by atoms with Crippen LogP contribution in [-0.2, 0) is 24.8 Å². The number of carbonyl (C=O) groups is 2. The van der Waals surface area contributed by atoms with Gasteiger partial charge in [0.25, 0.3) is 0 Å². The van der Waals surface area contributed by atoms with Crippen molar-refractivity contribution in [2.24, 2.45) is 7.05 Å². The topological polar surface area (TPSA) is 89.8 Å². The van der Waals surface area contributed by atoms with Crippen LogP contribution in [-0.4, -0.2) is 34.8 Å². The fourth-order valence-electron chi connectivity index (χ4n) is 2.96. The van der Waals surface area contributed by atoms with Crippen molar-refractivity contribution in [1.82, 2.24) is 9.88 Å². The molecule has 0 aliphatic heterocycles. The van der Waals surface area contributed by atoms with Gasteiger partial charge in [-0.2, -0.15) is 0 Å². The van der Waals surface area contributed by atoms with Crippen molar-refractivity contribution in [3.8, 4) is 11.5 Å². The highest BCUT2D eigenvalue weighted by Crippen LogP contribution is 2.28. The Morgan fingerprint density at radius 1 is 1.15 bits per heavy atom. The zero-order valence-corrected chi connectivity index (χ0v) is 16.2.